The molecule has 0 heterocycles. The summed E-state index contributed by atoms with van der Waals surface area (Å²) in [4.78, 5) is 12.5. The molecule has 29 heavy (non-hydrogen) atoms. The second kappa shape index (κ2) is 10.2. The number of aryl methyl sites for hydroxylation is 1. The summed E-state index contributed by atoms with van der Waals surface area (Å²) in [5.74, 6) is -0.0706. The summed E-state index contributed by atoms with van der Waals surface area (Å²) in [6.45, 7) is 4.40. The number of hydrogen-bond donors (Lipinski definition) is 1. The van der Waals surface area contributed by atoms with Gasteiger partial charge in [-0.1, -0.05) is 18.2 Å². The molecule has 0 saturated heterocycles. The Morgan fingerprint density at radius 3 is 2.45 bits per heavy atom. The number of carbonyl (C=O) groups is 1. The molecular weight excluding hydrogens is 395 g/mol. The minimum absolute atomic E-state index is 0.238. The van der Waals surface area contributed by atoms with Crippen molar-refractivity contribution in [2.45, 2.75) is 32.7 Å². The average molecular weight is 423 g/mol. The van der Waals surface area contributed by atoms with Gasteiger partial charge in [0.05, 0.1) is 18.6 Å². The zero-order valence-electron chi connectivity index (χ0n) is 16.9. The van der Waals surface area contributed by atoms with Crippen LogP contribution in [-0.4, -0.2) is 39.8 Å². The van der Waals surface area contributed by atoms with Crippen molar-refractivity contribution in [2.75, 3.05) is 23.7 Å². The molecule has 1 amide bonds. The van der Waals surface area contributed by atoms with Gasteiger partial charge in [-0.25, -0.2) is 12.8 Å². The predicted molar refractivity (Wildman–Crippen MR) is 112 cm³/mol. The molecule has 8 heteroatoms. The molecule has 2 aromatic carbocycles. The molecule has 0 aliphatic heterocycles. The molecule has 0 saturated carbocycles. The van der Waals surface area contributed by atoms with E-state index in [1.807, 2.05) is 31.2 Å². The SMILES string of the molecule is CCOc1ccccc1CCCNC(=O)[C@H](C)N(c1ccc(F)cc1)S(C)(=O)=O. The van der Waals surface area contributed by atoms with Crippen LogP contribution in [0.15, 0.2) is 48.5 Å². The number of nitrogens with zero attached hydrogens (tertiary/aromatic N) is 1. The Morgan fingerprint density at radius 1 is 1.17 bits per heavy atom. The lowest BCUT2D eigenvalue weighted by Gasteiger charge is -2.28. The number of sulfonamides is 1. The molecule has 2 rings (SSSR count). The van der Waals surface area contributed by atoms with Crippen LogP contribution < -0.4 is 14.4 Å². The van der Waals surface area contributed by atoms with E-state index >= 15 is 0 Å². The number of hydrogen-bond acceptors (Lipinski definition) is 4. The highest BCUT2D eigenvalue weighted by Crippen LogP contribution is 2.21. The van der Waals surface area contributed by atoms with Gasteiger partial charge >= 0.3 is 0 Å². The summed E-state index contributed by atoms with van der Waals surface area (Å²) in [5, 5.41) is 2.78. The molecule has 6 nitrogen and oxygen atoms in total. The van der Waals surface area contributed by atoms with Crippen molar-refractivity contribution >= 4 is 21.6 Å². The van der Waals surface area contributed by atoms with Crippen LogP contribution in [0, 0.1) is 5.82 Å². The Bertz CT molecular complexity index is 917. The second-order valence-electron chi connectivity index (χ2n) is 6.65. The normalized spacial score (nSPS) is 12.3. The third-order valence-electron chi connectivity index (χ3n) is 4.36. The number of amides is 1. The van der Waals surface area contributed by atoms with Crippen LogP contribution in [-0.2, 0) is 21.2 Å². The van der Waals surface area contributed by atoms with Gasteiger partial charge in [0.25, 0.3) is 0 Å². The summed E-state index contributed by atoms with van der Waals surface area (Å²) >= 11 is 0. The number of carbonyl (C=O) groups excluding carboxylic acids is 1. The van der Waals surface area contributed by atoms with Crippen LogP contribution in [0.25, 0.3) is 0 Å². The van der Waals surface area contributed by atoms with Crippen molar-refractivity contribution in [3.05, 3.63) is 59.9 Å². The zero-order valence-corrected chi connectivity index (χ0v) is 17.7. The first-order valence-corrected chi connectivity index (χ1v) is 11.3. The van der Waals surface area contributed by atoms with Gasteiger partial charge in [0, 0.05) is 6.54 Å². The molecule has 0 bridgehead atoms. The van der Waals surface area contributed by atoms with E-state index in [0.717, 1.165) is 40.4 Å². The highest BCUT2D eigenvalue weighted by molar-refractivity contribution is 7.92. The second-order valence-corrected chi connectivity index (χ2v) is 8.51. The monoisotopic (exact) mass is 422 g/mol. The molecule has 0 spiro atoms. The molecule has 0 unspecified atom stereocenters. The van der Waals surface area contributed by atoms with Crippen LogP contribution in [0.4, 0.5) is 10.1 Å². The third kappa shape index (κ3) is 6.45. The summed E-state index contributed by atoms with van der Waals surface area (Å²) in [5.41, 5.74) is 1.29. The Hall–Kier alpha value is -2.61. The minimum atomic E-state index is -3.73. The molecule has 0 fully saturated rings. The van der Waals surface area contributed by atoms with Crippen molar-refractivity contribution in [3.63, 3.8) is 0 Å². The van der Waals surface area contributed by atoms with Gasteiger partial charge in [-0.05, 0) is 62.6 Å². The van der Waals surface area contributed by atoms with Crippen LogP contribution in [0.5, 0.6) is 5.75 Å². The van der Waals surface area contributed by atoms with E-state index in [1.54, 1.807) is 0 Å². The fraction of sp³-hybridized carbons (Fsp3) is 0.381. The van der Waals surface area contributed by atoms with E-state index in [9.17, 15) is 17.6 Å². The van der Waals surface area contributed by atoms with E-state index in [2.05, 4.69) is 5.32 Å². The fourth-order valence-corrected chi connectivity index (χ4v) is 4.22. The molecule has 158 valence electrons. The summed E-state index contributed by atoms with van der Waals surface area (Å²) in [7, 11) is -3.73. The summed E-state index contributed by atoms with van der Waals surface area (Å²) < 4.78 is 44.2. The Balaban J connectivity index is 1.97. The van der Waals surface area contributed by atoms with Crippen LogP contribution in [0.2, 0.25) is 0 Å². The molecule has 0 aromatic heterocycles. The Labute approximate surface area is 171 Å². The van der Waals surface area contributed by atoms with Crippen LogP contribution in [0.3, 0.4) is 0 Å². The maximum absolute atomic E-state index is 13.2. The number of halogens is 1. The van der Waals surface area contributed by atoms with Gasteiger partial charge < -0.3 is 10.1 Å². The smallest absolute Gasteiger partial charge is 0.243 e. The molecule has 1 atom stereocenters. The summed E-state index contributed by atoms with van der Waals surface area (Å²) in [6, 6.07) is 11.8. The van der Waals surface area contributed by atoms with E-state index in [-0.39, 0.29) is 5.69 Å². The van der Waals surface area contributed by atoms with Crippen LogP contribution >= 0.6 is 0 Å². The first-order chi connectivity index (χ1) is 13.7. The highest BCUT2D eigenvalue weighted by atomic mass is 32.2. The quantitative estimate of drug-likeness (QED) is 0.597. The number of nitrogens with one attached hydrogen (secondary N) is 1. The molecule has 0 aliphatic carbocycles. The standard InChI is InChI=1S/C21H27FN2O4S/c1-4-28-20-10-6-5-8-17(20)9-7-15-23-21(25)16(2)24(29(3,26)27)19-13-11-18(22)12-14-19/h5-6,8,10-14,16H,4,7,9,15H2,1-3H3,(H,23,25)/t16-/m0/s1. The van der Waals surface area contributed by atoms with E-state index < -0.39 is 27.8 Å². The maximum atomic E-state index is 13.2. The van der Waals surface area contributed by atoms with Gasteiger partial charge in [-0.2, -0.15) is 0 Å². The molecule has 1 N–H and O–H groups in total. The lowest BCUT2D eigenvalue weighted by atomic mass is 10.1. The van der Waals surface area contributed by atoms with Gasteiger partial charge in [-0.15, -0.1) is 0 Å². The van der Waals surface area contributed by atoms with Crippen LogP contribution in [0.1, 0.15) is 25.8 Å². The number of ether oxygens (including phenoxy) is 1. The van der Waals surface area contributed by atoms with E-state index in [1.165, 1.54) is 19.1 Å². The Kier molecular flexibility index (Phi) is 8.01. The third-order valence-corrected chi connectivity index (χ3v) is 5.61. The molecule has 0 aliphatic rings. The maximum Gasteiger partial charge on any atom is 0.243 e. The van der Waals surface area contributed by atoms with Crippen molar-refractivity contribution in [1.29, 1.82) is 0 Å². The van der Waals surface area contributed by atoms with Crippen molar-refractivity contribution in [2.24, 2.45) is 0 Å². The average Bonchev–Trinajstić information content (AvgIpc) is 2.67. The van der Waals surface area contributed by atoms with Crippen molar-refractivity contribution in [3.8, 4) is 5.75 Å². The first kappa shape index (κ1) is 22.7. The van der Waals surface area contributed by atoms with Gasteiger partial charge in [0.2, 0.25) is 15.9 Å². The van der Waals surface area contributed by atoms with Gasteiger partial charge in [-0.3, -0.25) is 9.10 Å². The topological polar surface area (TPSA) is 75.7 Å². The van der Waals surface area contributed by atoms with Gasteiger partial charge in [0.15, 0.2) is 0 Å². The fourth-order valence-electron chi connectivity index (χ4n) is 3.04. The van der Waals surface area contributed by atoms with E-state index in [4.69, 9.17) is 4.74 Å². The Morgan fingerprint density at radius 2 is 1.83 bits per heavy atom. The van der Waals surface area contributed by atoms with E-state index in [0.29, 0.717) is 19.6 Å². The largest absolute Gasteiger partial charge is 0.494 e. The zero-order chi connectivity index (χ0) is 21.4. The molecule has 0 radical (unpaired) electrons. The predicted octanol–water partition coefficient (Wildman–Crippen LogP) is 3.13. The number of rotatable bonds is 10. The minimum Gasteiger partial charge on any atom is -0.494 e. The lowest BCUT2D eigenvalue weighted by Crippen LogP contribution is -2.48. The number of para-hydroxylation sites is 1. The number of anilines is 1. The van der Waals surface area contributed by atoms with Crippen molar-refractivity contribution in [1.82, 2.24) is 5.32 Å². The molecular formula is C21H27FN2O4S. The first-order valence-electron chi connectivity index (χ1n) is 9.47. The lowest BCUT2D eigenvalue weighted by molar-refractivity contribution is -0.121. The van der Waals surface area contributed by atoms with Crippen molar-refractivity contribution < 1.29 is 22.3 Å². The summed E-state index contributed by atoms with van der Waals surface area (Å²) in [6.07, 6.45) is 2.42. The van der Waals surface area contributed by atoms with Gasteiger partial charge in [0.1, 0.15) is 17.6 Å². The highest BCUT2D eigenvalue weighted by Gasteiger charge is 2.28. The molecule has 2 aromatic rings. The number of benzene rings is 2.